The lowest BCUT2D eigenvalue weighted by Gasteiger charge is -2.29. The molecule has 1 aromatic heterocycles. The smallest absolute Gasteiger partial charge is 0.259 e. The summed E-state index contributed by atoms with van der Waals surface area (Å²) < 4.78 is 19.2. The molecule has 8 nitrogen and oxygen atoms in total. The monoisotopic (exact) mass is 481 g/mol. The molecule has 2 heterocycles. The Hall–Kier alpha value is -3.82. The highest BCUT2D eigenvalue weighted by Crippen LogP contribution is 2.20. The maximum absolute atomic E-state index is 13.9. The molecule has 1 aliphatic heterocycles. The number of amidine groups is 1. The molecule has 34 heavy (non-hydrogen) atoms. The van der Waals surface area contributed by atoms with E-state index < -0.39 is 17.6 Å². The Morgan fingerprint density at radius 1 is 0.971 bits per heavy atom. The number of halogens is 2. The van der Waals surface area contributed by atoms with Gasteiger partial charge in [-0.25, -0.2) is 9.37 Å². The van der Waals surface area contributed by atoms with E-state index in [1.165, 1.54) is 18.3 Å². The first-order chi connectivity index (χ1) is 16.4. The van der Waals surface area contributed by atoms with E-state index in [0.29, 0.717) is 48.3 Å². The fourth-order valence-electron chi connectivity index (χ4n) is 3.39. The van der Waals surface area contributed by atoms with Crippen molar-refractivity contribution < 1.29 is 18.7 Å². The molecule has 1 aliphatic rings. The summed E-state index contributed by atoms with van der Waals surface area (Å²) in [5, 5.41) is 14.0. The molecule has 0 atom stereocenters. The molecular weight excluding hydrogens is 461 g/mol. The van der Waals surface area contributed by atoms with Crippen LogP contribution in [-0.2, 0) is 4.74 Å². The van der Waals surface area contributed by atoms with Crippen molar-refractivity contribution in [2.75, 3.05) is 36.9 Å². The summed E-state index contributed by atoms with van der Waals surface area (Å²) in [6.07, 6.45) is 1.37. The molecule has 4 rings (SSSR count). The zero-order chi connectivity index (χ0) is 24.1. The number of morpholine rings is 1. The van der Waals surface area contributed by atoms with Crippen LogP contribution in [-0.4, -0.2) is 53.8 Å². The van der Waals surface area contributed by atoms with Gasteiger partial charge in [-0.05, 0) is 42.5 Å². The molecule has 174 valence electrons. The highest BCUT2D eigenvalue weighted by Gasteiger charge is 2.18. The lowest BCUT2D eigenvalue weighted by Crippen LogP contribution is -2.40. The lowest BCUT2D eigenvalue weighted by molar-refractivity contribution is 0.0680. The van der Waals surface area contributed by atoms with Gasteiger partial charge in [0.1, 0.15) is 17.5 Å². The summed E-state index contributed by atoms with van der Waals surface area (Å²) >= 11 is 5.80. The van der Waals surface area contributed by atoms with Gasteiger partial charge in [0.2, 0.25) is 0 Å². The van der Waals surface area contributed by atoms with E-state index in [1.54, 1.807) is 30.3 Å². The van der Waals surface area contributed by atoms with Gasteiger partial charge in [0.05, 0.1) is 29.5 Å². The van der Waals surface area contributed by atoms with Gasteiger partial charge in [-0.15, -0.1) is 0 Å². The minimum absolute atomic E-state index is 0.0594. The van der Waals surface area contributed by atoms with Gasteiger partial charge in [0, 0.05) is 30.4 Å². The molecule has 10 heteroatoms. The molecule has 3 aromatic rings. The molecular formula is C24H21ClFN5O3. The Bertz CT molecular complexity index is 1210. The minimum Gasteiger partial charge on any atom is -0.378 e. The van der Waals surface area contributed by atoms with E-state index in [9.17, 15) is 14.0 Å². The maximum atomic E-state index is 13.9. The van der Waals surface area contributed by atoms with Crippen molar-refractivity contribution in [1.29, 1.82) is 5.41 Å². The summed E-state index contributed by atoms with van der Waals surface area (Å²) in [4.78, 5) is 31.4. The normalized spacial score (nSPS) is 13.3. The van der Waals surface area contributed by atoms with Gasteiger partial charge < -0.3 is 20.3 Å². The van der Waals surface area contributed by atoms with Crippen molar-refractivity contribution in [3.63, 3.8) is 0 Å². The van der Waals surface area contributed by atoms with Crippen molar-refractivity contribution in [2.24, 2.45) is 0 Å². The van der Waals surface area contributed by atoms with Crippen LogP contribution in [0, 0.1) is 11.2 Å². The average Bonchev–Trinajstić information content (AvgIpc) is 2.86. The van der Waals surface area contributed by atoms with E-state index in [4.69, 9.17) is 21.7 Å². The van der Waals surface area contributed by atoms with Crippen LogP contribution in [0.3, 0.4) is 0 Å². The first kappa shape index (κ1) is 23.3. The lowest BCUT2D eigenvalue weighted by atomic mass is 10.1. The molecule has 0 radical (unpaired) electrons. The zero-order valence-corrected chi connectivity index (χ0v) is 18.7. The Labute approximate surface area is 200 Å². The van der Waals surface area contributed by atoms with Crippen molar-refractivity contribution in [3.8, 4) is 0 Å². The summed E-state index contributed by atoms with van der Waals surface area (Å²) in [7, 11) is 0. The molecule has 0 aliphatic carbocycles. The largest absolute Gasteiger partial charge is 0.378 e. The number of ether oxygens (including phenoxy) is 1. The number of rotatable bonds is 5. The molecule has 2 amide bonds. The van der Waals surface area contributed by atoms with Crippen LogP contribution < -0.4 is 10.6 Å². The highest BCUT2D eigenvalue weighted by molar-refractivity contribution is 6.30. The molecule has 0 bridgehead atoms. The number of benzene rings is 2. The number of aromatic nitrogens is 1. The predicted octanol–water partition coefficient (Wildman–Crippen LogP) is 4.04. The van der Waals surface area contributed by atoms with Crippen LogP contribution in [0.15, 0.2) is 60.8 Å². The number of carbonyl (C=O) groups excluding carboxylic acids is 2. The SMILES string of the molecule is N=C(c1ccc(C(=O)Nc2ccc(F)cc2C(=O)Nc2ccc(Cl)cn2)cc1)N1CCOCC1. The number of hydrogen-bond acceptors (Lipinski definition) is 5. The quantitative estimate of drug-likeness (QED) is 0.376. The highest BCUT2D eigenvalue weighted by atomic mass is 35.5. The van der Waals surface area contributed by atoms with Crippen LogP contribution in [0.4, 0.5) is 15.9 Å². The third kappa shape index (κ3) is 5.56. The number of carbonyl (C=O) groups is 2. The number of hydrogen-bond donors (Lipinski definition) is 3. The molecule has 3 N–H and O–H groups in total. The van der Waals surface area contributed by atoms with Crippen molar-refractivity contribution in [2.45, 2.75) is 0 Å². The molecule has 0 unspecified atom stereocenters. The van der Waals surface area contributed by atoms with Gasteiger partial charge in [0.25, 0.3) is 11.8 Å². The first-order valence-electron chi connectivity index (χ1n) is 10.5. The average molecular weight is 482 g/mol. The standard InChI is InChI=1S/C24H21ClFN5O3/c25-17-5-8-21(28-14-17)30-24(33)19-13-18(26)6-7-20(19)29-23(32)16-3-1-15(2-4-16)22(27)31-9-11-34-12-10-31/h1-8,13-14,27H,9-12H2,(H,29,32)(H,28,30,33). The third-order valence-corrected chi connectivity index (χ3v) is 5.41. The van der Waals surface area contributed by atoms with E-state index in [0.717, 1.165) is 12.1 Å². The van der Waals surface area contributed by atoms with Crippen LogP contribution in [0.25, 0.3) is 0 Å². The summed E-state index contributed by atoms with van der Waals surface area (Å²) in [6.45, 7) is 2.43. The van der Waals surface area contributed by atoms with Gasteiger partial charge in [0.15, 0.2) is 0 Å². The molecule has 1 saturated heterocycles. The number of pyridine rings is 1. The predicted molar refractivity (Wildman–Crippen MR) is 127 cm³/mol. The summed E-state index contributed by atoms with van der Waals surface area (Å²) in [5.41, 5.74) is 1.09. The van der Waals surface area contributed by atoms with Gasteiger partial charge in [-0.1, -0.05) is 23.7 Å². The summed E-state index contributed by atoms with van der Waals surface area (Å²) in [6, 6.07) is 13.2. The number of nitrogens with zero attached hydrogens (tertiary/aromatic N) is 2. The van der Waals surface area contributed by atoms with E-state index in [-0.39, 0.29) is 17.1 Å². The molecule has 2 aromatic carbocycles. The van der Waals surface area contributed by atoms with Crippen LogP contribution in [0.5, 0.6) is 0 Å². The van der Waals surface area contributed by atoms with Gasteiger partial charge in [-0.3, -0.25) is 15.0 Å². The number of anilines is 2. The van der Waals surface area contributed by atoms with E-state index >= 15 is 0 Å². The van der Waals surface area contributed by atoms with E-state index in [2.05, 4.69) is 15.6 Å². The second kappa shape index (κ2) is 10.4. The van der Waals surface area contributed by atoms with Crippen LogP contribution in [0.2, 0.25) is 5.02 Å². The minimum atomic E-state index is -0.640. The van der Waals surface area contributed by atoms with Crippen molar-refractivity contribution in [1.82, 2.24) is 9.88 Å². The van der Waals surface area contributed by atoms with E-state index in [1.807, 2.05) is 4.90 Å². The van der Waals surface area contributed by atoms with Crippen molar-refractivity contribution >= 4 is 40.8 Å². The van der Waals surface area contributed by atoms with Crippen LogP contribution >= 0.6 is 11.6 Å². The summed E-state index contributed by atoms with van der Waals surface area (Å²) in [5.74, 6) is -1.15. The Kier molecular flexibility index (Phi) is 7.15. The second-order valence-corrected chi connectivity index (χ2v) is 7.92. The fourth-order valence-corrected chi connectivity index (χ4v) is 3.50. The molecule has 0 saturated carbocycles. The van der Waals surface area contributed by atoms with Gasteiger partial charge >= 0.3 is 0 Å². The second-order valence-electron chi connectivity index (χ2n) is 7.49. The van der Waals surface area contributed by atoms with Crippen molar-refractivity contribution in [3.05, 3.63) is 88.3 Å². The Balaban J connectivity index is 1.47. The molecule has 1 fully saturated rings. The third-order valence-electron chi connectivity index (χ3n) is 5.19. The number of amides is 2. The van der Waals surface area contributed by atoms with Crippen LogP contribution in [0.1, 0.15) is 26.3 Å². The first-order valence-corrected chi connectivity index (χ1v) is 10.8. The Morgan fingerprint density at radius 3 is 2.35 bits per heavy atom. The maximum Gasteiger partial charge on any atom is 0.259 e. The Morgan fingerprint density at radius 2 is 1.68 bits per heavy atom. The molecule has 0 spiro atoms. The topological polar surface area (TPSA) is 107 Å². The number of nitrogens with one attached hydrogen (secondary N) is 3. The fraction of sp³-hybridized carbons (Fsp3) is 0.167. The van der Waals surface area contributed by atoms with Gasteiger partial charge in [-0.2, -0.15) is 0 Å². The zero-order valence-electron chi connectivity index (χ0n) is 18.0.